The third-order valence-corrected chi connectivity index (χ3v) is 4.93. The number of hydrogen-bond acceptors (Lipinski definition) is 3. The van der Waals surface area contributed by atoms with Crippen molar-refractivity contribution in [3.8, 4) is 5.75 Å². The maximum absolute atomic E-state index is 12.5. The average Bonchev–Trinajstić information content (AvgIpc) is 3.05. The van der Waals surface area contributed by atoms with Gasteiger partial charge in [0.2, 0.25) is 5.91 Å². The molecule has 0 aliphatic heterocycles. The molecule has 126 valence electrons. The number of nitrogens with one attached hydrogen (secondary N) is 1. The number of amides is 1. The van der Waals surface area contributed by atoms with Crippen molar-refractivity contribution in [1.82, 2.24) is 5.32 Å². The van der Waals surface area contributed by atoms with Crippen LogP contribution in [-0.4, -0.2) is 30.6 Å². The highest BCUT2D eigenvalue weighted by Crippen LogP contribution is 2.41. The second-order valence-electron chi connectivity index (χ2n) is 6.18. The molecule has 0 aromatic heterocycles. The summed E-state index contributed by atoms with van der Waals surface area (Å²) < 4.78 is 5.26. The van der Waals surface area contributed by atoms with Gasteiger partial charge in [-0.25, -0.2) is 4.79 Å². The molecular weight excluding hydrogens is 294 g/mol. The predicted molar refractivity (Wildman–Crippen MR) is 87.9 cm³/mol. The van der Waals surface area contributed by atoms with Gasteiger partial charge in [-0.05, 0) is 43.4 Å². The number of ether oxygens (including phenoxy) is 1. The zero-order valence-electron chi connectivity index (χ0n) is 13.9. The summed E-state index contributed by atoms with van der Waals surface area (Å²) in [4.78, 5) is 23.5. The lowest BCUT2D eigenvalue weighted by Gasteiger charge is -2.26. The van der Waals surface area contributed by atoms with Crippen molar-refractivity contribution in [1.29, 1.82) is 0 Å². The van der Waals surface area contributed by atoms with E-state index in [0.717, 1.165) is 37.7 Å². The molecular formula is C18H25NO4. The zero-order chi connectivity index (χ0) is 16.9. The van der Waals surface area contributed by atoms with Crippen LogP contribution in [0.5, 0.6) is 5.75 Å². The summed E-state index contributed by atoms with van der Waals surface area (Å²) in [6, 6.07) is 4.83. The van der Waals surface area contributed by atoms with Gasteiger partial charge in [-0.3, -0.25) is 4.79 Å². The Hall–Kier alpha value is -2.04. The highest BCUT2D eigenvalue weighted by Gasteiger charge is 2.38. The van der Waals surface area contributed by atoms with Crippen LogP contribution >= 0.6 is 0 Å². The van der Waals surface area contributed by atoms with Gasteiger partial charge in [-0.1, -0.05) is 25.8 Å². The van der Waals surface area contributed by atoms with E-state index in [-0.39, 0.29) is 16.9 Å². The minimum Gasteiger partial charge on any atom is -0.496 e. The number of carbonyl (C=O) groups is 2. The first-order valence-electron chi connectivity index (χ1n) is 8.21. The first-order valence-corrected chi connectivity index (χ1v) is 8.21. The van der Waals surface area contributed by atoms with Crippen molar-refractivity contribution in [3.63, 3.8) is 0 Å². The van der Waals surface area contributed by atoms with Gasteiger partial charge >= 0.3 is 5.97 Å². The monoisotopic (exact) mass is 319 g/mol. The highest BCUT2D eigenvalue weighted by atomic mass is 16.5. The molecule has 5 heteroatoms. The van der Waals surface area contributed by atoms with E-state index in [1.54, 1.807) is 12.1 Å². The molecule has 1 fully saturated rings. The summed E-state index contributed by atoms with van der Waals surface area (Å²) >= 11 is 0. The Morgan fingerprint density at radius 3 is 2.57 bits per heavy atom. The second-order valence-corrected chi connectivity index (χ2v) is 6.18. The first kappa shape index (κ1) is 17.3. The second kappa shape index (κ2) is 7.49. The number of carboxylic acid groups (broad SMARTS) is 1. The zero-order valence-corrected chi connectivity index (χ0v) is 13.9. The topological polar surface area (TPSA) is 75.6 Å². The molecule has 2 rings (SSSR count). The summed E-state index contributed by atoms with van der Waals surface area (Å²) in [6.45, 7) is 2.61. The van der Waals surface area contributed by atoms with Gasteiger partial charge in [0.1, 0.15) is 5.75 Å². The lowest BCUT2D eigenvalue weighted by Crippen LogP contribution is -2.39. The van der Waals surface area contributed by atoms with Crippen molar-refractivity contribution in [2.24, 2.45) is 5.41 Å². The largest absolute Gasteiger partial charge is 0.496 e. The van der Waals surface area contributed by atoms with Crippen molar-refractivity contribution >= 4 is 11.9 Å². The van der Waals surface area contributed by atoms with Gasteiger partial charge in [0.25, 0.3) is 0 Å². The number of carbonyl (C=O) groups excluding carboxylic acids is 1. The van der Waals surface area contributed by atoms with Crippen molar-refractivity contribution in [3.05, 3.63) is 29.3 Å². The van der Waals surface area contributed by atoms with Crippen LogP contribution in [0.25, 0.3) is 0 Å². The Bertz CT molecular complexity index is 576. The third kappa shape index (κ3) is 3.84. The molecule has 1 saturated carbocycles. The van der Waals surface area contributed by atoms with E-state index in [1.165, 1.54) is 13.2 Å². The van der Waals surface area contributed by atoms with Crippen molar-refractivity contribution in [2.45, 2.75) is 45.4 Å². The van der Waals surface area contributed by atoms with Crippen molar-refractivity contribution < 1.29 is 19.4 Å². The quantitative estimate of drug-likeness (QED) is 0.810. The molecule has 23 heavy (non-hydrogen) atoms. The third-order valence-electron chi connectivity index (χ3n) is 4.93. The number of aromatic carboxylic acids is 1. The Balaban J connectivity index is 1.96. The summed E-state index contributed by atoms with van der Waals surface area (Å²) in [7, 11) is 1.52. The number of methoxy groups -OCH3 is 1. The van der Waals surface area contributed by atoms with Crippen LogP contribution < -0.4 is 10.1 Å². The molecule has 2 N–H and O–H groups in total. The summed E-state index contributed by atoms with van der Waals surface area (Å²) in [5, 5.41) is 12.1. The normalized spacial score (nSPS) is 16.1. The van der Waals surface area contributed by atoms with E-state index in [2.05, 4.69) is 12.2 Å². The van der Waals surface area contributed by atoms with Crippen LogP contribution in [0.15, 0.2) is 18.2 Å². The Kier molecular flexibility index (Phi) is 5.64. The molecule has 1 aromatic rings. The SMILES string of the molecule is CCC1(C(=O)NCCc2ccc(C(=O)O)cc2OC)CCCC1. The number of rotatable bonds is 7. The van der Waals surface area contributed by atoms with Gasteiger partial charge in [-0.15, -0.1) is 0 Å². The van der Waals surface area contributed by atoms with E-state index < -0.39 is 5.97 Å². The maximum atomic E-state index is 12.5. The fourth-order valence-electron chi connectivity index (χ4n) is 3.38. The standard InChI is InChI=1S/C18H25NO4/c1-3-18(9-4-5-10-18)17(22)19-11-8-13-6-7-14(16(20)21)12-15(13)23-2/h6-7,12H,3-5,8-11H2,1-2H3,(H,19,22)(H,20,21). The molecule has 1 amide bonds. The molecule has 1 aromatic carbocycles. The molecule has 0 saturated heterocycles. The van der Waals surface area contributed by atoms with E-state index in [9.17, 15) is 9.59 Å². The average molecular weight is 319 g/mol. The molecule has 1 aliphatic carbocycles. The summed E-state index contributed by atoms with van der Waals surface area (Å²) in [5.74, 6) is -0.280. The van der Waals surface area contributed by atoms with Crippen LogP contribution in [0, 0.1) is 5.41 Å². The van der Waals surface area contributed by atoms with Crippen LogP contribution in [0.2, 0.25) is 0 Å². The number of carboxylic acids is 1. The van der Waals surface area contributed by atoms with Crippen LogP contribution in [0.3, 0.4) is 0 Å². The predicted octanol–water partition coefficient (Wildman–Crippen LogP) is 3.02. The van der Waals surface area contributed by atoms with Gasteiger partial charge < -0.3 is 15.2 Å². The van der Waals surface area contributed by atoms with Crippen LogP contribution in [0.4, 0.5) is 0 Å². The Labute approximate surface area is 137 Å². The van der Waals surface area contributed by atoms with Gasteiger partial charge in [0.15, 0.2) is 0 Å². The minimum absolute atomic E-state index is 0.152. The molecule has 5 nitrogen and oxygen atoms in total. The molecule has 0 spiro atoms. The van der Waals surface area contributed by atoms with E-state index in [4.69, 9.17) is 9.84 Å². The fourth-order valence-corrected chi connectivity index (χ4v) is 3.38. The summed E-state index contributed by atoms with van der Waals surface area (Å²) in [5.41, 5.74) is 0.914. The number of benzene rings is 1. The molecule has 0 radical (unpaired) electrons. The van der Waals surface area contributed by atoms with E-state index in [1.807, 2.05) is 0 Å². The highest BCUT2D eigenvalue weighted by molar-refractivity contribution is 5.88. The molecule has 0 atom stereocenters. The van der Waals surface area contributed by atoms with Gasteiger partial charge in [0.05, 0.1) is 12.7 Å². The Morgan fingerprint density at radius 2 is 2.00 bits per heavy atom. The fraction of sp³-hybridized carbons (Fsp3) is 0.556. The maximum Gasteiger partial charge on any atom is 0.335 e. The number of hydrogen-bond donors (Lipinski definition) is 2. The van der Waals surface area contributed by atoms with Crippen molar-refractivity contribution in [2.75, 3.05) is 13.7 Å². The smallest absolute Gasteiger partial charge is 0.335 e. The van der Waals surface area contributed by atoms with Crippen LogP contribution in [0.1, 0.15) is 54.9 Å². The van der Waals surface area contributed by atoms with E-state index in [0.29, 0.717) is 18.7 Å². The van der Waals surface area contributed by atoms with Gasteiger partial charge in [-0.2, -0.15) is 0 Å². The molecule has 1 aliphatic rings. The molecule has 0 unspecified atom stereocenters. The summed E-state index contributed by atoms with van der Waals surface area (Å²) in [6.07, 6.45) is 5.72. The van der Waals surface area contributed by atoms with Gasteiger partial charge in [0, 0.05) is 12.0 Å². The lowest BCUT2D eigenvalue weighted by atomic mass is 9.82. The molecule has 0 heterocycles. The first-order chi connectivity index (χ1) is 11.0. The lowest BCUT2D eigenvalue weighted by molar-refractivity contribution is -0.131. The minimum atomic E-state index is -0.978. The Morgan fingerprint density at radius 1 is 1.30 bits per heavy atom. The van der Waals surface area contributed by atoms with E-state index >= 15 is 0 Å². The van der Waals surface area contributed by atoms with Crippen LogP contribution in [-0.2, 0) is 11.2 Å². The molecule has 0 bridgehead atoms.